The number of nitrogens with one attached hydrogen (secondary N) is 3. The Morgan fingerprint density at radius 1 is 1.41 bits per heavy atom. The number of hydrogen-bond acceptors (Lipinski definition) is 5. The van der Waals surface area contributed by atoms with Crippen LogP contribution in [0.2, 0.25) is 0 Å². The van der Waals surface area contributed by atoms with Crippen LogP contribution in [0.1, 0.15) is 26.7 Å². The SMILES string of the molecule is CCOCCCNC(=O)CNC(=O)C1=C(C)C2CC2NC1S. The minimum absolute atomic E-state index is 0.0150. The average Bonchev–Trinajstić information content (AvgIpc) is 3.24. The summed E-state index contributed by atoms with van der Waals surface area (Å²) in [7, 11) is 0. The van der Waals surface area contributed by atoms with E-state index in [0.29, 0.717) is 37.3 Å². The molecule has 0 aromatic rings. The van der Waals surface area contributed by atoms with Crippen LogP contribution in [0.15, 0.2) is 11.1 Å². The monoisotopic (exact) mass is 327 g/mol. The van der Waals surface area contributed by atoms with Gasteiger partial charge in [-0.2, -0.15) is 12.6 Å². The molecule has 0 aromatic carbocycles. The summed E-state index contributed by atoms with van der Waals surface area (Å²) in [5.74, 6) is 0.0586. The molecule has 3 unspecified atom stereocenters. The maximum Gasteiger partial charge on any atom is 0.250 e. The fourth-order valence-corrected chi connectivity index (χ4v) is 3.24. The number of rotatable bonds is 8. The molecule has 22 heavy (non-hydrogen) atoms. The van der Waals surface area contributed by atoms with Crippen LogP contribution in [0.4, 0.5) is 0 Å². The molecule has 7 heteroatoms. The number of carbonyl (C=O) groups excluding carboxylic acids is 2. The molecular weight excluding hydrogens is 302 g/mol. The predicted molar refractivity (Wildman–Crippen MR) is 87.6 cm³/mol. The van der Waals surface area contributed by atoms with E-state index in [9.17, 15) is 9.59 Å². The smallest absolute Gasteiger partial charge is 0.250 e. The number of hydrogen-bond donors (Lipinski definition) is 4. The maximum atomic E-state index is 12.2. The maximum absolute atomic E-state index is 12.2. The van der Waals surface area contributed by atoms with Crippen molar-refractivity contribution >= 4 is 24.4 Å². The molecule has 1 saturated carbocycles. The summed E-state index contributed by atoms with van der Waals surface area (Å²) in [5, 5.41) is 8.47. The minimum atomic E-state index is -0.252. The summed E-state index contributed by atoms with van der Waals surface area (Å²) in [4.78, 5) is 23.9. The van der Waals surface area contributed by atoms with E-state index < -0.39 is 0 Å². The fraction of sp³-hybridized carbons (Fsp3) is 0.733. The molecule has 6 nitrogen and oxygen atoms in total. The first-order valence-electron chi connectivity index (χ1n) is 7.82. The summed E-state index contributed by atoms with van der Waals surface area (Å²) in [6.07, 6.45) is 1.84. The van der Waals surface area contributed by atoms with Crippen molar-refractivity contribution in [2.75, 3.05) is 26.3 Å². The standard InChI is InChI=1S/C15H25N3O3S/c1-3-21-6-4-5-16-12(19)8-17-14(20)13-9(2)10-7-11(10)18-15(13)22/h10-11,15,18,22H,3-8H2,1-2H3,(H,16,19)(H,17,20). The van der Waals surface area contributed by atoms with Gasteiger partial charge in [-0.25, -0.2) is 0 Å². The van der Waals surface area contributed by atoms with E-state index in [4.69, 9.17) is 4.74 Å². The van der Waals surface area contributed by atoms with Crippen molar-refractivity contribution in [1.82, 2.24) is 16.0 Å². The minimum Gasteiger partial charge on any atom is -0.382 e. The van der Waals surface area contributed by atoms with E-state index in [-0.39, 0.29) is 23.7 Å². The van der Waals surface area contributed by atoms with E-state index in [1.54, 1.807) is 0 Å². The molecule has 1 aliphatic carbocycles. The quantitative estimate of drug-likeness (QED) is 0.380. The van der Waals surface area contributed by atoms with Crippen LogP contribution in [-0.4, -0.2) is 49.5 Å². The number of thiol groups is 1. The van der Waals surface area contributed by atoms with Gasteiger partial charge in [0.25, 0.3) is 0 Å². The fourth-order valence-electron chi connectivity index (χ4n) is 2.73. The lowest BCUT2D eigenvalue weighted by atomic mass is 10.0. The summed E-state index contributed by atoms with van der Waals surface area (Å²) >= 11 is 4.43. The van der Waals surface area contributed by atoms with Gasteiger partial charge in [0, 0.05) is 31.4 Å². The molecule has 0 spiro atoms. The van der Waals surface area contributed by atoms with Gasteiger partial charge in [0.15, 0.2) is 0 Å². The average molecular weight is 327 g/mol. The Labute approximate surface area is 136 Å². The van der Waals surface area contributed by atoms with Crippen LogP contribution in [0.25, 0.3) is 0 Å². The normalized spacial score (nSPS) is 26.4. The van der Waals surface area contributed by atoms with Crippen LogP contribution < -0.4 is 16.0 Å². The van der Waals surface area contributed by atoms with Crippen molar-refractivity contribution in [2.45, 2.75) is 38.1 Å². The van der Waals surface area contributed by atoms with Gasteiger partial charge in [0.2, 0.25) is 11.8 Å². The van der Waals surface area contributed by atoms with Crippen molar-refractivity contribution in [1.29, 1.82) is 0 Å². The largest absolute Gasteiger partial charge is 0.382 e. The Morgan fingerprint density at radius 3 is 2.91 bits per heavy atom. The van der Waals surface area contributed by atoms with Crippen molar-refractivity contribution in [3.63, 3.8) is 0 Å². The van der Waals surface area contributed by atoms with Crippen molar-refractivity contribution in [3.05, 3.63) is 11.1 Å². The third-order valence-electron chi connectivity index (χ3n) is 4.06. The molecule has 0 aromatic heterocycles. The first-order chi connectivity index (χ1) is 10.5. The molecule has 0 bridgehead atoms. The van der Waals surface area contributed by atoms with Gasteiger partial charge in [-0.15, -0.1) is 0 Å². The molecule has 124 valence electrons. The third kappa shape index (κ3) is 4.47. The lowest BCUT2D eigenvalue weighted by Gasteiger charge is -2.23. The lowest BCUT2D eigenvalue weighted by molar-refractivity contribution is -0.124. The molecule has 2 rings (SSSR count). The predicted octanol–water partition coefficient (Wildman–Crippen LogP) is 0.210. The molecule has 1 fully saturated rings. The van der Waals surface area contributed by atoms with Gasteiger partial charge < -0.3 is 15.4 Å². The highest BCUT2D eigenvalue weighted by atomic mass is 32.1. The first-order valence-corrected chi connectivity index (χ1v) is 8.33. The van der Waals surface area contributed by atoms with Crippen molar-refractivity contribution in [3.8, 4) is 0 Å². The summed E-state index contributed by atoms with van der Waals surface area (Å²) < 4.78 is 5.19. The Bertz CT molecular complexity index is 467. The van der Waals surface area contributed by atoms with Crippen LogP contribution in [-0.2, 0) is 14.3 Å². The van der Waals surface area contributed by atoms with E-state index in [2.05, 4.69) is 28.6 Å². The van der Waals surface area contributed by atoms with Crippen LogP contribution in [0, 0.1) is 5.92 Å². The van der Waals surface area contributed by atoms with E-state index >= 15 is 0 Å². The zero-order valence-corrected chi connectivity index (χ0v) is 14.0. The van der Waals surface area contributed by atoms with Gasteiger partial charge >= 0.3 is 0 Å². The van der Waals surface area contributed by atoms with Gasteiger partial charge in [-0.3, -0.25) is 14.9 Å². The van der Waals surface area contributed by atoms with Crippen molar-refractivity contribution in [2.24, 2.45) is 5.92 Å². The van der Waals surface area contributed by atoms with Crippen LogP contribution >= 0.6 is 12.6 Å². The zero-order valence-electron chi connectivity index (χ0n) is 13.1. The second-order valence-electron chi connectivity index (χ2n) is 5.70. The van der Waals surface area contributed by atoms with Gasteiger partial charge in [0.1, 0.15) is 0 Å². The van der Waals surface area contributed by atoms with E-state index in [1.165, 1.54) is 0 Å². The molecule has 0 radical (unpaired) electrons. The third-order valence-corrected chi connectivity index (χ3v) is 4.47. The first kappa shape index (κ1) is 17.3. The Hall–Kier alpha value is -1.05. The Balaban J connectivity index is 1.71. The molecule has 3 N–H and O–H groups in total. The highest BCUT2D eigenvalue weighted by molar-refractivity contribution is 7.81. The zero-order chi connectivity index (χ0) is 16.1. The van der Waals surface area contributed by atoms with E-state index in [0.717, 1.165) is 18.4 Å². The van der Waals surface area contributed by atoms with Gasteiger partial charge in [0.05, 0.1) is 11.9 Å². The Kier molecular flexibility index (Phi) is 6.28. The van der Waals surface area contributed by atoms with Gasteiger partial charge in [-0.1, -0.05) is 5.57 Å². The highest BCUT2D eigenvalue weighted by Gasteiger charge is 2.45. The number of carbonyl (C=O) groups is 2. The topological polar surface area (TPSA) is 79.5 Å². The molecule has 0 saturated heterocycles. The number of amides is 2. The summed E-state index contributed by atoms with van der Waals surface area (Å²) in [6, 6.07) is 0.465. The number of ether oxygens (including phenoxy) is 1. The highest BCUT2D eigenvalue weighted by Crippen LogP contribution is 2.43. The second-order valence-corrected chi connectivity index (χ2v) is 6.21. The molecule has 3 atom stereocenters. The Morgan fingerprint density at radius 2 is 2.18 bits per heavy atom. The van der Waals surface area contributed by atoms with Crippen LogP contribution in [0.3, 0.4) is 0 Å². The van der Waals surface area contributed by atoms with Crippen LogP contribution in [0.5, 0.6) is 0 Å². The molecule has 2 amide bonds. The summed E-state index contributed by atoms with van der Waals surface area (Å²) in [6.45, 7) is 5.76. The molecule has 1 aliphatic heterocycles. The summed E-state index contributed by atoms with van der Waals surface area (Å²) in [5.41, 5.74) is 1.75. The van der Waals surface area contributed by atoms with E-state index in [1.807, 2.05) is 13.8 Å². The molecular formula is C15H25N3O3S. The number of fused-ring (bicyclic) bond motifs is 1. The molecule has 1 heterocycles. The second kappa shape index (κ2) is 7.99. The molecule has 2 aliphatic rings. The van der Waals surface area contributed by atoms with Crippen molar-refractivity contribution < 1.29 is 14.3 Å². The lowest BCUT2D eigenvalue weighted by Crippen LogP contribution is -2.43. The van der Waals surface area contributed by atoms with Gasteiger partial charge in [-0.05, 0) is 32.6 Å².